The van der Waals surface area contributed by atoms with Crippen LogP contribution in [0.1, 0.15) is 117 Å². The van der Waals surface area contributed by atoms with Crippen LogP contribution < -0.4 is 0 Å². The summed E-state index contributed by atoms with van der Waals surface area (Å²) in [6.45, 7) is 11.3. The predicted octanol–water partition coefficient (Wildman–Crippen LogP) is 8.98. The number of benzene rings is 2. The highest BCUT2D eigenvalue weighted by Crippen LogP contribution is 2.50. The van der Waals surface area contributed by atoms with Gasteiger partial charge in [0.25, 0.3) is 0 Å². The average Bonchev–Trinajstić information content (AvgIpc) is 3.95. The summed E-state index contributed by atoms with van der Waals surface area (Å²) in [5.41, 5.74) is 2.86. The topological polar surface area (TPSA) is 151 Å². The highest BCUT2D eigenvalue weighted by Gasteiger charge is 2.50. The van der Waals surface area contributed by atoms with E-state index in [9.17, 15) is 18.0 Å². The van der Waals surface area contributed by atoms with E-state index in [4.69, 9.17) is 19.4 Å². The number of ether oxygens (including phenoxy) is 2. The van der Waals surface area contributed by atoms with Crippen LogP contribution in [-0.4, -0.2) is 73.6 Å². The number of H-pyrrole nitrogens is 2. The summed E-state index contributed by atoms with van der Waals surface area (Å²) in [6.07, 6.45) is 10.7. The number of rotatable bonds is 4. The van der Waals surface area contributed by atoms with Crippen LogP contribution in [0.25, 0.3) is 33.6 Å². The molecule has 2 saturated heterocycles. The van der Waals surface area contributed by atoms with Crippen molar-refractivity contribution in [1.82, 2.24) is 29.7 Å². The quantitative estimate of drug-likeness (QED) is 0.184. The van der Waals surface area contributed by atoms with Crippen LogP contribution in [0, 0.1) is 11.8 Å². The monoisotopic (exact) mass is 766 g/mol. The van der Waals surface area contributed by atoms with E-state index in [1.54, 1.807) is 24.5 Å². The number of likely N-dealkylation sites (tertiary alicyclic amines) is 2. The molecule has 0 bridgehead atoms. The van der Waals surface area contributed by atoms with E-state index in [1.807, 2.05) is 75.6 Å². The molecular weight excluding hydrogens is 717 g/mol. The summed E-state index contributed by atoms with van der Waals surface area (Å²) in [4.78, 5) is 47.5. The van der Waals surface area contributed by atoms with Crippen molar-refractivity contribution < 1.29 is 27.5 Å². The third-order valence-corrected chi connectivity index (χ3v) is 14.0. The second-order valence-corrected chi connectivity index (χ2v) is 20.0. The summed E-state index contributed by atoms with van der Waals surface area (Å²) in [6, 6.07) is 10.8. The van der Waals surface area contributed by atoms with Crippen LogP contribution in [0.15, 0.2) is 58.6 Å². The molecule has 2 unspecified atom stereocenters. The minimum Gasteiger partial charge on any atom is -0.444 e. The Labute approximate surface area is 322 Å². The van der Waals surface area contributed by atoms with Gasteiger partial charge in [0.05, 0.1) is 45.7 Å². The first-order chi connectivity index (χ1) is 26.1. The molecule has 6 atom stereocenters. The fraction of sp³-hybridized carbons (Fsp3) is 0.524. The number of hydrogen-bond acceptors (Lipinski definition) is 8. The Kier molecular flexibility index (Phi) is 8.31. The lowest BCUT2D eigenvalue weighted by Gasteiger charge is -2.31. The molecule has 0 radical (unpaired) electrons. The number of nitrogens with one attached hydrogen (secondary N) is 2. The van der Waals surface area contributed by atoms with Crippen LogP contribution in [-0.2, 0) is 19.3 Å². The number of fused-ring (bicyclic) bond motifs is 5. The largest absolute Gasteiger partial charge is 0.444 e. The van der Waals surface area contributed by atoms with Gasteiger partial charge in [0.2, 0.25) is 9.84 Å². The molecule has 4 aromatic rings. The van der Waals surface area contributed by atoms with Crippen molar-refractivity contribution in [3.05, 3.63) is 60.4 Å². The van der Waals surface area contributed by atoms with Crippen molar-refractivity contribution in [3.8, 4) is 33.6 Å². The van der Waals surface area contributed by atoms with Gasteiger partial charge < -0.3 is 19.4 Å². The maximum absolute atomic E-state index is 14.2. The minimum absolute atomic E-state index is 0.129. The van der Waals surface area contributed by atoms with Crippen molar-refractivity contribution in [2.75, 3.05) is 0 Å². The van der Waals surface area contributed by atoms with Crippen LogP contribution in [0.5, 0.6) is 0 Å². The number of aromatic amines is 2. The van der Waals surface area contributed by atoms with E-state index >= 15 is 0 Å². The van der Waals surface area contributed by atoms with E-state index in [-0.39, 0.29) is 46.1 Å². The van der Waals surface area contributed by atoms with E-state index < -0.39 is 21.0 Å². The molecule has 290 valence electrons. The standard InChI is InChI=1S/C42H50N6O6S/c1-41(2,3)53-39(49)47-31-11-7-9-25(31)17-33(47)37-43-21-29(45-37)23-13-15-27-28-16-14-24(20-36(28)55(51,52)35(27)19-23)30-22-44-38(46-30)34-18-26-10-8-12-32(26)48(34)40(50)54-42(4,5)6/h13-16,19-22,25-26,31-34H,7-12,17-18H2,1-6H3,(H,43,45)(H,44,46)/t25-,26?,31-,32?,33-,34-/m0/s1. The molecule has 0 spiro atoms. The zero-order chi connectivity index (χ0) is 38.6. The molecule has 3 aliphatic heterocycles. The van der Waals surface area contributed by atoms with Gasteiger partial charge >= 0.3 is 12.2 Å². The van der Waals surface area contributed by atoms with E-state index in [0.717, 1.165) is 51.4 Å². The van der Waals surface area contributed by atoms with Crippen molar-refractivity contribution in [3.63, 3.8) is 0 Å². The summed E-state index contributed by atoms with van der Waals surface area (Å²) in [5, 5.41) is 0. The fourth-order valence-electron chi connectivity index (χ4n) is 9.91. The average molecular weight is 767 g/mol. The third kappa shape index (κ3) is 6.22. The van der Waals surface area contributed by atoms with Gasteiger partial charge in [-0.15, -0.1) is 0 Å². The molecular formula is C42H50N6O6S. The molecule has 13 heteroatoms. The zero-order valence-corrected chi connectivity index (χ0v) is 33.2. The van der Waals surface area contributed by atoms with Crippen molar-refractivity contribution in [2.24, 2.45) is 11.8 Å². The van der Waals surface area contributed by atoms with Gasteiger partial charge in [0.15, 0.2) is 0 Å². The Morgan fingerprint density at radius 2 is 1.09 bits per heavy atom. The Morgan fingerprint density at radius 3 is 1.49 bits per heavy atom. The number of amides is 2. The number of nitrogens with zero attached hydrogens (tertiary/aromatic N) is 4. The number of aromatic nitrogens is 4. The van der Waals surface area contributed by atoms with Crippen molar-refractivity contribution >= 4 is 22.0 Å². The number of hydrogen-bond donors (Lipinski definition) is 2. The molecule has 5 aliphatic rings. The maximum atomic E-state index is 14.2. The molecule has 9 rings (SSSR count). The summed E-state index contributed by atoms with van der Waals surface area (Å²) in [5.74, 6) is 2.17. The first kappa shape index (κ1) is 36.0. The third-order valence-electron chi connectivity index (χ3n) is 12.2. The highest BCUT2D eigenvalue weighted by molar-refractivity contribution is 7.92. The zero-order valence-electron chi connectivity index (χ0n) is 32.4. The minimum atomic E-state index is -3.85. The van der Waals surface area contributed by atoms with Gasteiger partial charge in [-0.2, -0.15) is 0 Å². The van der Waals surface area contributed by atoms with Crippen molar-refractivity contribution in [1.29, 1.82) is 0 Å². The molecule has 55 heavy (non-hydrogen) atoms. The number of carbonyl (C=O) groups is 2. The Hall–Kier alpha value is -4.65. The number of carbonyl (C=O) groups excluding carboxylic acids is 2. The van der Waals surface area contributed by atoms with Gasteiger partial charge in [0, 0.05) is 34.3 Å². The van der Waals surface area contributed by atoms with Crippen LogP contribution >= 0.6 is 0 Å². The molecule has 2 amide bonds. The molecule has 2 aliphatic carbocycles. The lowest BCUT2D eigenvalue weighted by Crippen LogP contribution is -2.41. The van der Waals surface area contributed by atoms with E-state index in [1.165, 1.54) is 0 Å². The lowest BCUT2D eigenvalue weighted by molar-refractivity contribution is 0.0120. The van der Waals surface area contributed by atoms with Crippen molar-refractivity contribution in [2.45, 2.75) is 138 Å². The SMILES string of the molecule is CC(C)(C)OC(=O)N1C2CCCC2C[C@H]1c1ncc(-c2ccc3c(c2)S(=O)(=O)c2cc(-c4cnc([C@@H]5C[C@@H]6CCC[C@@H]6N5C(=O)OC(C)(C)C)[nH]4)ccc2-3)[nH]1. The summed E-state index contributed by atoms with van der Waals surface area (Å²) in [7, 11) is -3.85. The molecule has 2 aromatic heterocycles. The van der Waals surface area contributed by atoms with Gasteiger partial charge in [-0.25, -0.2) is 28.0 Å². The van der Waals surface area contributed by atoms with Gasteiger partial charge in [-0.05, 0) is 104 Å². The molecule has 2 aromatic carbocycles. The Balaban J connectivity index is 0.970. The number of sulfone groups is 1. The smallest absolute Gasteiger partial charge is 0.411 e. The first-order valence-electron chi connectivity index (χ1n) is 19.7. The number of imidazole rings is 2. The molecule has 2 N–H and O–H groups in total. The van der Waals surface area contributed by atoms with E-state index in [2.05, 4.69) is 9.97 Å². The second kappa shape index (κ2) is 12.7. The summed E-state index contributed by atoms with van der Waals surface area (Å²) < 4.78 is 40.0. The normalized spacial score (nSPS) is 26.5. The van der Waals surface area contributed by atoms with E-state index in [0.29, 0.717) is 57.1 Å². The van der Waals surface area contributed by atoms with Gasteiger partial charge in [0.1, 0.15) is 22.9 Å². The highest BCUT2D eigenvalue weighted by atomic mass is 32.2. The second-order valence-electron chi connectivity index (χ2n) is 18.1. The Bertz CT molecular complexity index is 2150. The molecule has 12 nitrogen and oxygen atoms in total. The lowest BCUT2D eigenvalue weighted by atomic mass is 10.0. The van der Waals surface area contributed by atoms with Crippen LogP contribution in [0.2, 0.25) is 0 Å². The first-order valence-corrected chi connectivity index (χ1v) is 21.2. The Morgan fingerprint density at radius 1 is 0.673 bits per heavy atom. The van der Waals surface area contributed by atoms with Gasteiger partial charge in [-0.1, -0.05) is 37.1 Å². The molecule has 5 heterocycles. The van der Waals surface area contributed by atoms with Crippen LogP contribution in [0.3, 0.4) is 0 Å². The molecule has 4 fully saturated rings. The van der Waals surface area contributed by atoms with Gasteiger partial charge in [-0.3, -0.25) is 9.80 Å². The molecule has 2 saturated carbocycles. The van der Waals surface area contributed by atoms with Crippen LogP contribution in [0.4, 0.5) is 9.59 Å². The fourth-order valence-corrected chi connectivity index (χ4v) is 11.7. The predicted molar refractivity (Wildman–Crippen MR) is 206 cm³/mol. The summed E-state index contributed by atoms with van der Waals surface area (Å²) >= 11 is 0. The maximum Gasteiger partial charge on any atom is 0.411 e.